The SMILES string of the molecule is Cc1cn2c(n1)SC2C. The first-order valence-electron chi connectivity index (χ1n) is 2.99. The van der Waals surface area contributed by atoms with Crippen molar-refractivity contribution in [3.8, 4) is 0 Å². The van der Waals surface area contributed by atoms with Gasteiger partial charge in [-0.3, -0.25) is 0 Å². The first kappa shape index (κ1) is 5.35. The molecule has 0 saturated carbocycles. The third-order valence-electron chi connectivity index (χ3n) is 1.49. The number of rotatable bonds is 0. The quantitative estimate of drug-likeness (QED) is 0.547. The average Bonchev–Trinajstić information content (AvgIpc) is 2.08. The van der Waals surface area contributed by atoms with Crippen molar-refractivity contribution >= 4 is 11.8 Å². The van der Waals surface area contributed by atoms with Gasteiger partial charge in [-0.15, -0.1) is 0 Å². The van der Waals surface area contributed by atoms with E-state index in [4.69, 9.17) is 0 Å². The monoisotopic (exact) mass is 140 g/mol. The van der Waals surface area contributed by atoms with Gasteiger partial charge in [-0.25, -0.2) is 4.98 Å². The highest BCUT2D eigenvalue weighted by Crippen LogP contribution is 2.41. The van der Waals surface area contributed by atoms with Crippen molar-refractivity contribution in [3.63, 3.8) is 0 Å². The molecule has 0 N–H and O–H groups in total. The van der Waals surface area contributed by atoms with Crippen LogP contribution in [0.25, 0.3) is 0 Å². The van der Waals surface area contributed by atoms with Crippen LogP contribution in [0.3, 0.4) is 0 Å². The molecule has 0 fully saturated rings. The Hall–Kier alpha value is -0.440. The third-order valence-corrected chi connectivity index (χ3v) is 2.57. The highest BCUT2D eigenvalue weighted by Gasteiger charge is 2.23. The lowest BCUT2D eigenvalue weighted by atomic mass is 10.5. The van der Waals surface area contributed by atoms with Gasteiger partial charge in [0.15, 0.2) is 5.16 Å². The van der Waals surface area contributed by atoms with Crippen molar-refractivity contribution in [1.29, 1.82) is 0 Å². The molecule has 9 heavy (non-hydrogen) atoms. The van der Waals surface area contributed by atoms with Gasteiger partial charge in [0, 0.05) is 6.20 Å². The number of hydrogen-bond acceptors (Lipinski definition) is 2. The van der Waals surface area contributed by atoms with E-state index in [1.807, 2.05) is 18.7 Å². The highest BCUT2D eigenvalue weighted by atomic mass is 32.2. The molecule has 2 nitrogen and oxygen atoms in total. The maximum atomic E-state index is 4.27. The van der Waals surface area contributed by atoms with Gasteiger partial charge in [0.25, 0.3) is 0 Å². The first-order valence-corrected chi connectivity index (χ1v) is 3.87. The summed E-state index contributed by atoms with van der Waals surface area (Å²) < 4.78 is 2.19. The Bertz CT molecular complexity index is 241. The Morgan fingerprint density at radius 2 is 2.56 bits per heavy atom. The van der Waals surface area contributed by atoms with E-state index in [1.54, 1.807) is 0 Å². The Morgan fingerprint density at radius 1 is 1.78 bits per heavy atom. The van der Waals surface area contributed by atoms with E-state index in [0.717, 1.165) is 5.69 Å². The van der Waals surface area contributed by atoms with Gasteiger partial charge in [0.1, 0.15) is 0 Å². The minimum atomic E-state index is 0.612. The van der Waals surface area contributed by atoms with E-state index in [1.165, 1.54) is 5.16 Å². The van der Waals surface area contributed by atoms with Crippen molar-refractivity contribution in [2.45, 2.75) is 24.4 Å². The summed E-state index contributed by atoms with van der Waals surface area (Å²) in [7, 11) is 0. The molecule has 48 valence electrons. The van der Waals surface area contributed by atoms with Crippen molar-refractivity contribution in [2.24, 2.45) is 0 Å². The zero-order valence-electron chi connectivity index (χ0n) is 5.46. The average molecular weight is 140 g/mol. The topological polar surface area (TPSA) is 17.8 Å². The van der Waals surface area contributed by atoms with Crippen LogP contribution in [0.15, 0.2) is 11.4 Å². The third kappa shape index (κ3) is 0.611. The van der Waals surface area contributed by atoms with E-state index >= 15 is 0 Å². The van der Waals surface area contributed by atoms with Crippen molar-refractivity contribution in [2.75, 3.05) is 0 Å². The van der Waals surface area contributed by atoms with Crippen LogP contribution >= 0.6 is 11.8 Å². The summed E-state index contributed by atoms with van der Waals surface area (Å²) in [6, 6.07) is 0. The first-order chi connectivity index (χ1) is 4.27. The van der Waals surface area contributed by atoms with Crippen LogP contribution < -0.4 is 0 Å². The molecule has 0 bridgehead atoms. The van der Waals surface area contributed by atoms with Gasteiger partial charge in [-0.05, 0) is 13.8 Å². The summed E-state index contributed by atoms with van der Waals surface area (Å²) in [6.07, 6.45) is 2.09. The number of hydrogen-bond donors (Lipinski definition) is 0. The standard InChI is InChI=1S/C6H8N2S/c1-4-3-8-5(2)9-6(8)7-4/h3,5H,1-2H3. The predicted octanol–water partition coefficient (Wildman–Crippen LogP) is 1.82. The fourth-order valence-electron chi connectivity index (χ4n) is 1.00. The second kappa shape index (κ2) is 1.53. The van der Waals surface area contributed by atoms with Crippen molar-refractivity contribution in [1.82, 2.24) is 9.55 Å². The van der Waals surface area contributed by atoms with Gasteiger partial charge in [-0.1, -0.05) is 11.8 Å². The van der Waals surface area contributed by atoms with E-state index in [-0.39, 0.29) is 0 Å². The van der Waals surface area contributed by atoms with Gasteiger partial charge in [0.2, 0.25) is 0 Å². The summed E-state index contributed by atoms with van der Waals surface area (Å²) in [5, 5.41) is 1.78. The zero-order chi connectivity index (χ0) is 6.43. The predicted molar refractivity (Wildman–Crippen MR) is 37.5 cm³/mol. The Morgan fingerprint density at radius 3 is 3.00 bits per heavy atom. The van der Waals surface area contributed by atoms with Crippen LogP contribution in [-0.4, -0.2) is 9.55 Å². The summed E-state index contributed by atoms with van der Waals surface area (Å²) in [5.41, 5.74) is 1.13. The number of aryl methyl sites for hydroxylation is 1. The maximum Gasteiger partial charge on any atom is 0.171 e. The molecule has 0 saturated heterocycles. The van der Waals surface area contributed by atoms with E-state index in [2.05, 4.69) is 22.7 Å². The molecular formula is C6H8N2S. The van der Waals surface area contributed by atoms with Crippen LogP contribution in [0.1, 0.15) is 18.0 Å². The summed E-state index contributed by atoms with van der Waals surface area (Å²) >= 11 is 1.83. The van der Waals surface area contributed by atoms with E-state index < -0.39 is 0 Å². The number of nitrogens with zero attached hydrogens (tertiary/aromatic N) is 2. The second-order valence-electron chi connectivity index (χ2n) is 2.29. The lowest BCUT2D eigenvalue weighted by Gasteiger charge is -2.23. The maximum absolute atomic E-state index is 4.27. The zero-order valence-corrected chi connectivity index (χ0v) is 6.27. The number of fused-ring (bicyclic) bond motifs is 1. The molecule has 2 heterocycles. The minimum Gasteiger partial charge on any atom is -0.313 e. The van der Waals surface area contributed by atoms with Crippen LogP contribution in [0, 0.1) is 6.92 Å². The van der Waals surface area contributed by atoms with E-state index in [9.17, 15) is 0 Å². The molecule has 0 aliphatic carbocycles. The van der Waals surface area contributed by atoms with Crippen LogP contribution in [0.5, 0.6) is 0 Å². The largest absolute Gasteiger partial charge is 0.313 e. The van der Waals surface area contributed by atoms with Crippen molar-refractivity contribution < 1.29 is 0 Å². The molecule has 0 amide bonds. The Kier molecular flexibility index (Phi) is 0.913. The molecule has 1 atom stereocenters. The van der Waals surface area contributed by atoms with Crippen LogP contribution in [-0.2, 0) is 0 Å². The summed E-state index contributed by atoms with van der Waals surface area (Å²) in [5.74, 6) is 0. The molecule has 3 heteroatoms. The smallest absolute Gasteiger partial charge is 0.171 e. The fraction of sp³-hybridized carbons (Fsp3) is 0.500. The van der Waals surface area contributed by atoms with E-state index in [0.29, 0.717) is 5.37 Å². The number of aromatic nitrogens is 2. The number of imidazole rings is 1. The molecule has 0 aromatic carbocycles. The van der Waals surface area contributed by atoms with Gasteiger partial charge >= 0.3 is 0 Å². The molecule has 0 radical (unpaired) electrons. The Labute approximate surface area is 58.3 Å². The highest BCUT2D eigenvalue weighted by molar-refractivity contribution is 8.00. The van der Waals surface area contributed by atoms with Gasteiger partial charge < -0.3 is 4.57 Å². The minimum absolute atomic E-state index is 0.612. The molecule has 1 aromatic rings. The van der Waals surface area contributed by atoms with Gasteiger partial charge in [0.05, 0.1) is 11.1 Å². The molecule has 0 spiro atoms. The van der Waals surface area contributed by atoms with Gasteiger partial charge in [-0.2, -0.15) is 0 Å². The summed E-state index contributed by atoms with van der Waals surface area (Å²) in [4.78, 5) is 4.27. The van der Waals surface area contributed by atoms with Crippen LogP contribution in [0.2, 0.25) is 0 Å². The fourth-order valence-corrected chi connectivity index (χ4v) is 1.95. The molecular weight excluding hydrogens is 132 g/mol. The molecule has 2 rings (SSSR count). The molecule has 1 aliphatic heterocycles. The van der Waals surface area contributed by atoms with Crippen molar-refractivity contribution in [3.05, 3.63) is 11.9 Å². The Balaban J connectivity index is 2.51. The lowest BCUT2D eigenvalue weighted by Crippen LogP contribution is -2.11. The molecule has 1 aromatic heterocycles. The normalized spacial score (nSPS) is 23.1. The number of thioether (sulfide) groups is 1. The second-order valence-corrected chi connectivity index (χ2v) is 3.57. The molecule has 1 aliphatic rings. The molecule has 1 unspecified atom stereocenters. The lowest BCUT2D eigenvalue weighted by molar-refractivity contribution is 0.612. The summed E-state index contributed by atoms with van der Waals surface area (Å²) in [6.45, 7) is 4.21. The van der Waals surface area contributed by atoms with Crippen LogP contribution in [0.4, 0.5) is 0 Å².